The Balaban J connectivity index is 1.68. The zero-order valence-electron chi connectivity index (χ0n) is 14.7. The highest BCUT2D eigenvalue weighted by atomic mass is 32.1. The van der Waals surface area contributed by atoms with Gasteiger partial charge in [-0.1, -0.05) is 31.6 Å². The van der Waals surface area contributed by atoms with Crippen LogP contribution in [0.25, 0.3) is 10.6 Å². The van der Waals surface area contributed by atoms with Gasteiger partial charge in [-0.05, 0) is 43.0 Å². The number of halogens is 1. The molecule has 0 saturated heterocycles. The summed E-state index contributed by atoms with van der Waals surface area (Å²) in [7, 11) is 0. The van der Waals surface area contributed by atoms with Crippen molar-refractivity contribution in [3.05, 3.63) is 30.1 Å². The highest BCUT2D eigenvalue weighted by molar-refractivity contribution is 7.18. The first-order valence-electron chi connectivity index (χ1n) is 8.68. The molecule has 2 aromatic rings. The van der Waals surface area contributed by atoms with Crippen LogP contribution in [0.15, 0.2) is 24.3 Å². The molecule has 8 heteroatoms. The predicted molar refractivity (Wildman–Crippen MR) is 98.0 cm³/mol. The van der Waals surface area contributed by atoms with Gasteiger partial charge in [0.05, 0.1) is 0 Å². The molecule has 6 nitrogen and oxygen atoms in total. The number of rotatable bonds is 7. The van der Waals surface area contributed by atoms with Gasteiger partial charge in [-0.15, -0.1) is 10.2 Å². The minimum Gasteiger partial charge on any atom is -0.344 e. The Kier molecular flexibility index (Phi) is 5.61. The van der Waals surface area contributed by atoms with Gasteiger partial charge >= 0.3 is 0 Å². The van der Waals surface area contributed by atoms with Gasteiger partial charge < -0.3 is 5.32 Å². The molecule has 2 unspecified atom stereocenters. The Hall–Kier alpha value is -2.35. The molecule has 0 aliphatic heterocycles. The van der Waals surface area contributed by atoms with E-state index in [1.54, 1.807) is 12.1 Å². The van der Waals surface area contributed by atoms with Crippen LogP contribution in [0, 0.1) is 17.7 Å². The maximum atomic E-state index is 13.0. The molecule has 1 fully saturated rings. The first kappa shape index (κ1) is 18.4. The van der Waals surface area contributed by atoms with Crippen LogP contribution in [0.5, 0.6) is 0 Å². The van der Waals surface area contributed by atoms with Gasteiger partial charge in [0.15, 0.2) is 0 Å². The Labute approximate surface area is 155 Å². The summed E-state index contributed by atoms with van der Waals surface area (Å²) in [5, 5.41) is 14.6. The molecule has 1 saturated carbocycles. The first-order valence-corrected chi connectivity index (χ1v) is 9.50. The number of carbonyl (C=O) groups excluding carboxylic acids is 2. The molecule has 3 rings (SSSR count). The summed E-state index contributed by atoms with van der Waals surface area (Å²) in [4.78, 5) is 24.7. The largest absolute Gasteiger partial charge is 0.344 e. The Bertz CT molecular complexity index is 789. The molecule has 26 heavy (non-hydrogen) atoms. The summed E-state index contributed by atoms with van der Waals surface area (Å²) >= 11 is 1.21. The molecule has 1 aliphatic carbocycles. The fourth-order valence-corrected chi connectivity index (χ4v) is 3.24. The van der Waals surface area contributed by atoms with Gasteiger partial charge in [0.25, 0.3) is 0 Å². The van der Waals surface area contributed by atoms with Gasteiger partial charge in [0.1, 0.15) is 16.9 Å². The van der Waals surface area contributed by atoms with E-state index in [4.69, 9.17) is 0 Å². The van der Waals surface area contributed by atoms with Crippen molar-refractivity contribution < 1.29 is 14.0 Å². The Morgan fingerprint density at radius 2 is 1.96 bits per heavy atom. The number of aromatic nitrogens is 2. The van der Waals surface area contributed by atoms with E-state index >= 15 is 0 Å². The van der Waals surface area contributed by atoms with E-state index < -0.39 is 6.04 Å². The van der Waals surface area contributed by atoms with Crippen LogP contribution in [-0.2, 0) is 9.59 Å². The van der Waals surface area contributed by atoms with Crippen LogP contribution >= 0.6 is 11.3 Å². The van der Waals surface area contributed by atoms with E-state index in [1.165, 1.54) is 23.5 Å². The highest BCUT2D eigenvalue weighted by Crippen LogP contribution is 2.30. The molecule has 2 N–H and O–H groups in total. The second kappa shape index (κ2) is 7.90. The second-order valence-electron chi connectivity index (χ2n) is 6.55. The molecule has 0 radical (unpaired) electrons. The molecule has 1 aromatic heterocycles. The number of nitrogens with one attached hydrogen (secondary N) is 2. The average Bonchev–Trinajstić information content (AvgIpc) is 3.39. The third-order valence-electron chi connectivity index (χ3n) is 4.49. The van der Waals surface area contributed by atoms with E-state index in [2.05, 4.69) is 20.8 Å². The lowest BCUT2D eigenvalue weighted by atomic mass is 9.98. The summed E-state index contributed by atoms with van der Waals surface area (Å²) in [6.45, 7) is 3.91. The number of hydrogen-bond donors (Lipinski definition) is 2. The lowest BCUT2D eigenvalue weighted by Crippen LogP contribution is -2.48. The summed E-state index contributed by atoms with van der Waals surface area (Å²) in [5.41, 5.74) is 0.727. The molecule has 1 aromatic carbocycles. The maximum absolute atomic E-state index is 13.0. The molecule has 2 amide bonds. The normalized spacial score (nSPS) is 16.0. The van der Waals surface area contributed by atoms with Crippen molar-refractivity contribution in [3.63, 3.8) is 0 Å². The topological polar surface area (TPSA) is 84.0 Å². The zero-order chi connectivity index (χ0) is 18.7. The standard InChI is InChI=1S/C18H21FN4O2S/c1-3-10(2)14(20-15(24)11-4-5-11)16(25)21-18-23-22-17(26-18)12-6-8-13(19)9-7-12/h6-11,14H,3-5H2,1-2H3,(H,20,24)(H,21,23,25). The number of nitrogens with zero attached hydrogens (tertiary/aromatic N) is 2. The SMILES string of the molecule is CCC(C)C(NC(=O)C1CC1)C(=O)Nc1nnc(-c2ccc(F)cc2)s1. The van der Waals surface area contributed by atoms with E-state index in [-0.39, 0.29) is 29.5 Å². The van der Waals surface area contributed by atoms with Crippen LogP contribution in [0.3, 0.4) is 0 Å². The summed E-state index contributed by atoms with van der Waals surface area (Å²) < 4.78 is 13.0. The smallest absolute Gasteiger partial charge is 0.249 e. The molecule has 0 bridgehead atoms. The molecular formula is C18H21FN4O2S. The molecule has 1 heterocycles. The fourth-order valence-electron chi connectivity index (χ4n) is 2.48. The van der Waals surface area contributed by atoms with Gasteiger partial charge in [-0.25, -0.2) is 4.39 Å². The van der Waals surface area contributed by atoms with E-state index in [1.807, 2.05) is 13.8 Å². The number of anilines is 1. The molecular weight excluding hydrogens is 355 g/mol. The number of carbonyl (C=O) groups is 2. The minimum absolute atomic E-state index is 0.00203. The molecule has 0 spiro atoms. The van der Waals surface area contributed by atoms with Crippen LogP contribution in [0.1, 0.15) is 33.1 Å². The Morgan fingerprint density at radius 3 is 2.58 bits per heavy atom. The van der Waals surface area contributed by atoms with Crippen molar-refractivity contribution in [3.8, 4) is 10.6 Å². The van der Waals surface area contributed by atoms with Crippen molar-refractivity contribution in [2.45, 2.75) is 39.2 Å². The van der Waals surface area contributed by atoms with Crippen molar-refractivity contribution in [1.29, 1.82) is 0 Å². The average molecular weight is 376 g/mol. The van der Waals surface area contributed by atoms with Crippen LogP contribution < -0.4 is 10.6 Å². The highest BCUT2D eigenvalue weighted by Gasteiger charge is 2.34. The minimum atomic E-state index is -0.605. The van der Waals surface area contributed by atoms with E-state index in [9.17, 15) is 14.0 Å². The van der Waals surface area contributed by atoms with Crippen molar-refractivity contribution in [2.24, 2.45) is 11.8 Å². The molecule has 1 aliphatic rings. The number of hydrogen-bond acceptors (Lipinski definition) is 5. The third kappa shape index (κ3) is 4.43. The van der Waals surface area contributed by atoms with Gasteiger partial charge in [0, 0.05) is 11.5 Å². The van der Waals surface area contributed by atoms with Gasteiger partial charge in [-0.3, -0.25) is 14.9 Å². The molecule has 138 valence electrons. The maximum Gasteiger partial charge on any atom is 0.249 e. The summed E-state index contributed by atoms with van der Waals surface area (Å²) in [6, 6.07) is 5.31. The summed E-state index contributed by atoms with van der Waals surface area (Å²) in [5.74, 6) is -0.636. The van der Waals surface area contributed by atoms with Crippen molar-refractivity contribution in [1.82, 2.24) is 15.5 Å². The first-order chi connectivity index (χ1) is 12.5. The quantitative estimate of drug-likeness (QED) is 0.777. The Morgan fingerprint density at radius 1 is 1.27 bits per heavy atom. The fraction of sp³-hybridized carbons (Fsp3) is 0.444. The van der Waals surface area contributed by atoms with Gasteiger partial charge in [0.2, 0.25) is 16.9 Å². The van der Waals surface area contributed by atoms with Crippen molar-refractivity contribution in [2.75, 3.05) is 5.32 Å². The third-order valence-corrected chi connectivity index (χ3v) is 5.38. The number of benzene rings is 1. The molecule has 2 atom stereocenters. The summed E-state index contributed by atoms with van der Waals surface area (Å²) in [6.07, 6.45) is 2.54. The van der Waals surface area contributed by atoms with Gasteiger partial charge in [-0.2, -0.15) is 0 Å². The lowest BCUT2D eigenvalue weighted by molar-refractivity contribution is -0.128. The lowest BCUT2D eigenvalue weighted by Gasteiger charge is -2.22. The van der Waals surface area contributed by atoms with Crippen LogP contribution in [0.4, 0.5) is 9.52 Å². The monoisotopic (exact) mass is 376 g/mol. The van der Waals surface area contributed by atoms with Crippen LogP contribution in [0.2, 0.25) is 0 Å². The van der Waals surface area contributed by atoms with E-state index in [0.717, 1.165) is 24.8 Å². The zero-order valence-corrected chi connectivity index (χ0v) is 15.5. The number of amides is 2. The predicted octanol–water partition coefficient (Wildman–Crippen LogP) is 3.22. The van der Waals surface area contributed by atoms with E-state index in [0.29, 0.717) is 10.1 Å². The van der Waals surface area contributed by atoms with Crippen LogP contribution in [-0.4, -0.2) is 28.1 Å². The second-order valence-corrected chi connectivity index (χ2v) is 7.53. The van der Waals surface area contributed by atoms with Crippen molar-refractivity contribution >= 4 is 28.3 Å².